The van der Waals surface area contributed by atoms with Crippen LogP contribution in [0.15, 0.2) is 24.3 Å². The SMILES string of the molecule is CC(C)(C)[Si](OB(O[Si](C(C)(C)C)(C(C)(C)C)C(C)(C)C)c1ccc(C#N)cc1)(C(C)(C)C)C(C)(C)C. The second kappa shape index (κ2) is 10.3. The molecule has 0 spiro atoms. The first-order valence-electron chi connectivity index (χ1n) is 14.0. The lowest BCUT2D eigenvalue weighted by Gasteiger charge is -2.62. The third-order valence-electron chi connectivity index (χ3n) is 8.22. The van der Waals surface area contributed by atoms with Crippen LogP contribution in [0.1, 0.15) is 130 Å². The first-order valence-corrected chi connectivity index (χ1v) is 17.8. The summed E-state index contributed by atoms with van der Waals surface area (Å²) < 4.78 is 15.4. The number of nitriles is 1. The highest BCUT2D eigenvalue weighted by Crippen LogP contribution is 2.65. The van der Waals surface area contributed by atoms with Gasteiger partial charge in [-0.3, -0.25) is 0 Å². The molecule has 0 aliphatic heterocycles. The first kappa shape index (κ1) is 34.2. The van der Waals surface area contributed by atoms with Crippen molar-refractivity contribution in [2.75, 3.05) is 0 Å². The van der Waals surface area contributed by atoms with E-state index < -0.39 is 23.8 Å². The minimum atomic E-state index is -2.61. The monoisotopic (exact) mass is 543 g/mol. The zero-order valence-electron chi connectivity index (χ0n) is 27.7. The van der Waals surface area contributed by atoms with Crippen LogP contribution in [-0.2, 0) is 8.69 Å². The van der Waals surface area contributed by atoms with E-state index in [4.69, 9.17) is 8.69 Å². The molecule has 0 heterocycles. The lowest BCUT2D eigenvalue weighted by molar-refractivity contribution is 0.303. The summed E-state index contributed by atoms with van der Waals surface area (Å²) >= 11 is 0. The first-order chi connectivity index (χ1) is 16.1. The molecule has 1 rings (SSSR count). The van der Waals surface area contributed by atoms with Gasteiger partial charge in [-0.2, -0.15) is 5.26 Å². The van der Waals surface area contributed by atoms with E-state index in [0.717, 1.165) is 5.46 Å². The van der Waals surface area contributed by atoms with Gasteiger partial charge < -0.3 is 8.69 Å². The normalized spacial score (nSPS) is 14.9. The molecule has 0 aliphatic carbocycles. The number of benzene rings is 1. The maximum atomic E-state index is 9.48. The van der Waals surface area contributed by atoms with Gasteiger partial charge in [0.15, 0.2) is 16.6 Å². The molecule has 0 N–H and O–H groups in total. The van der Waals surface area contributed by atoms with Gasteiger partial charge in [-0.1, -0.05) is 137 Å². The molecule has 0 fully saturated rings. The molecule has 0 saturated carbocycles. The highest BCUT2D eigenvalue weighted by atomic mass is 28.4. The van der Waals surface area contributed by atoms with Crippen LogP contribution >= 0.6 is 0 Å². The Balaban J connectivity index is 4.16. The summed E-state index contributed by atoms with van der Waals surface area (Å²) in [6.07, 6.45) is 0. The van der Waals surface area contributed by atoms with Crippen molar-refractivity contribution in [2.45, 2.75) is 155 Å². The number of hydrogen-bond donors (Lipinski definition) is 0. The molecule has 1 aromatic rings. The molecule has 0 saturated heterocycles. The number of hydrogen-bond acceptors (Lipinski definition) is 3. The molecule has 0 atom stereocenters. The van der Waals surface area contributed by atoms with Crippen LogP contribution in [-0.4, -0.2) is 23.8 Å². The van der Waals surface area contributed by atoms with Crippen molar-refractivity contribution in [3.8, 4) is 6.07 Å². The quantitative estimate of drug-likeness (QED) is 0.347. The Labute approximate surface area is 233 Å². The molecular weight excluding hydrogens is 485 g/mol. The Kier molecular flexibility index (Phi) is 9.48. The summed E-state index contributed by atoms with van der Waals surface area (Å²) in [4.78, 5) is 0. The second-order valence-corrected chi connectivity index (χ2v) is 29.4. The summed E-state index contributed by atoms with van der Waals surface area (Å²) in [5.74, 6) is 0. The predicted molar refractivity (Wildman–Crippen MR) is 169 cm³/mol. The van der Waals surface area contributed by atoms with Crippen LogP contribution in [0.5, 0.6) is 0 Å². The number of rotatable bonds is 5. The summed E-state index contributed by atoms with van der Waals surface area (Å²) in [5.41, 5.74) is 1.66. The maximum absolute atomic E-state index is 9.48. The molecule has 37 heavy (non-hydrogen) atoms. The van der Waals surface area contributed by atoms with Crippen LogP contribution in [0.2, 0.25) is 30.2 Å². The third-order valence-corrected chi connectivity index (χ3v) is 22.0. The van der Waals surface area contributed by atoms with Gasteiger partial charge in [0.1, 0.15) is 0 Å². The lowest BCUT2D eigenvalue weighted by atomic mass is 9.80. The van der Waals surface area contributed by atoms with Crippen molar-refractivity contribution in [1.29, 1.82) is 5.26 Å². The Morgan fingerprint density at radius 2 is 0.757 bits per heavy atom. The molecule has 0 bridgehead atoms. The van der Waals surface area contributed by atoms with Crippen molar-refractivity contribution in [1.82, 2.24) is 0 Å². The lowest BCUT2D eigenvalue weighted by Crippen LogP contribution is -2.69. The molecular formula is C31H58BNO2Si2. The van der Waals surface area contributed by atoms with E-state index in [1.54, 1.807) is 0 Å². The molecule has 0 aliphatic rings. The van der Waals surface area contributed by atoms with Crippen molar-refractivity contribution < 1.29 is 8.69 Å². The molecule has 0 aromatic heterocycles. The topological polar surface area (TPSA) is 42.2 Å². The van der Waals surface area contributed by atoms with Crippen LogP contribution in [0, 0.1) is 11.3 Å². The molecule has 0 unspecified atom stereocenters. The van der Waals surface area contributed by atoms with Gasteiger partial charge in [0.05, 0.1) is 11.6 Å². The molecule has 0 radical (unpaired) electrons. The summed E-state index contributed by atoms with van der Waals surface area (Å²) in [5, 5.41) is 9.19. The van der Waals surface area contributed by atoms with E-state index in [1.165, 1.54) is 0 Å². The Hall–Kier alpha value is -0.871. The maximum Gasteiger partial charge on any atom is 0.472 e. The minimum Gasteiger partial charge on any atom is -0.448 e. The molecule has 210 valence electrons. The molecule has 0 amide bonds. The average molecular weight is 544 g/mol. The highest BCUT2D eigenvalue weighted by molar-refractivity contribution is 6.93. The van der Waals surface area contributed by atoms with Crippen molar-refractivity contribution in [3.63, 3.8) is 0 Å². The van der Waals surface area contributed by atoms with Crippen molar-refractivity contribution in [3.05, 3.63) is 29.8 Å². The Morgan fingerprint density at radius 1 is 0.514 bits per heavy atom. The zero-order chi connectivity index (χ0) is 29.7. The van der Waals surface area contributed by atoms with Crippen LogP contribution in [0.25, 0.3) is 0 Å². The van der Waals surface area contributed by atoms with E-state index >= 15 is 0 Å². The van der Waals surface area contributed by atoms with Gasteiger partial charge >= 0.3 is 7.12 Å². The summed E-state index contributed by atoms with van der Waals surface area (Å²) in [6, 6.07) is 10.2. The van der Waals surface area contributed by atoms with Gasteiger partial charge in [-0.15, -0.1) is 0 Å². The van der Waals surface area contributed by atoms with E-state index in [-0.39, 0.29) is 30.2 Å². The van der Waals surface area contributed by atoms with E-state index in [0.29, 0.717) is 5.56 Å². The standard InChI is InChI=1S/C31H58BNO2Si2/c1-26(2,3)36(27(4,5)6,28(7,8)9)34-32(25-21-19-24(23-33)20-22-25)35-37(29(10,11)12,30(13,14)15)31(16,17)18/h19-22H,1-18H3. The Morgan fingerprint density at radius 3 is 0.946 bits per heavy atom. The largest absolute Gasteiger partial charge is 0.472 e. The number of nitrogens with zero attached hydrogens (tertiary/aromatic N) is 1. The second-order valence-electron chi connectivity index (χ2n) is 17.2. The van der Waals surface area contributed by atoms with Crippen LogP contribution in [0.4, 0.5) is 0 Å². The van der Waals surface area contributed by atoms with Crippen molar-refractivity contribution in [2.24, 2.45) is 0 Å². The minimum absolute atomic E-state index is 0.0485. The van der Waals surface area contributed by atoms with Gasteiger partial charge in [0, 0.05) is 0 Å². The van der Waals surface area contributed by atoms with Gasteiger partial charge in [0.25, 0.3) is 0 Å². The van der Waals surface area contributed by atoms with E-state index in [2.05, 4.69) is 131 Å². The zero-order valence-corrected chi connectivity index (χ0v) is 29.7. The average Bonchev–Trinajstić information content (AvgIpc) is 2.62. The third kappa shape index (κ3) is 6.16. The van der Waals surface area contributed by atoms with E-state index in [9.17, 15) is 5.26 Å². The summed E-state index contributed by atoms with van der Waals surface area (Å²) in [7, 11) is -5.74. The fraction of sp³-hybridized carbons (Fsp3) is 0.774. The van der Waals surface area contributed by atoms with Crippen LogP contribution < -0.4 is 5.46 Å². The predicted octanol–water partition coefficient (Wildman–Crippen LogP) is 9.98. The fourth-order valence-corrected chi connectivity index (χ4v) is 25.7. The molecule has 6 heteroatoms. The van der Waals surface area contributed by atoms with E-state index in [1.807, 2.05) is 24.3 Å². The molecule has 1 aromatic carbocycles. The Bertz CT molecular complexity index is 830. The van der Waals surface area contributed by atoms with Crippen molar-refractivity contribution >= 4 is 29.2 Å². The highest BCUT2D eigenvalue weighted by Gasteiger charge is 2.66. The van der Waals surface area contributed by atoms with Gasteiger partial charge in [-0.25, -0.2) is 0 Å². The van der Waals surface area contributed by atoms with Gasteiger partial charge in [0.2, 0.25) is 0 Å². The smallest absolute Gasteiger partial charge is 0.448 e. The summed E-state index contributed by atoms with van der Waals surface area (Å²) in [6.45, 7) is 42.4. The fourth-order valence-electron chi connectivity index (χ4n) is 9.01. The molecule has 3 nitrogen and oxygen atoms in total. The van der Waals surface area contributed by atoms with Crippen LogP contribution in [0.3, 0.4) is 0 Å². The van der Waals surface area contributed by atoms with Gasteiger partial charge in [-0.05, 0) is 47.8 Å².